The van der Waals surface area contributed by atoms with Crippen molar-refractivity contribution in [2.45, 2.75) is 19.3 Å². The van der Waals surface area contributed by atoms with Crippen LogP contribution in [0.15, 0.2) is 41.3 Å². The lowest BCUT2D eigenvalue weighted by molar-refractivity contribution is 0.908. The third kappa shape index (κ3) is 1.38. The minimum absolute atomic E-state index is 0.0900. The molecule has 0 saturated heterocycles. The van der Waals surface area contributed by atoms with Crippen LogP contribution in [0.25, 0.3) is 11.1 Å². The molecule has 3 rings (SSSR count). The predicted octanol–water partition coefficient (Wildman–Crippen LogP) is 2.53. The first-order valence-corrected chi connectivity index (χ1v) is 5.65. The van der Waals surface area contributed by atoms with Crippen molar-refractivity contribution in [1.82, 2.24) is 4.98 Å². The second kappa shape index (κ2) is 3.63. The van der Waals surface area contributed by atoms with E-state index in [-0.39, 0.29) is 5.56 Å². The van der Waals surface area contributed by atoms with E-state index in [0.717, 1.165) is 24.8 Å². The molecule has 16 heavy (non-hydrogen) atoms. The first-order valence-electron chi connectivity index (χ1n) is 5.65. The van der Waals surface area contributed by atoms with Crippen molar-refractivity contribution in [3.05, 3.63) is 58.0 Å². The van der Waals surface area contributed by atoms with Gasteiger partial charge in [0, 0.05) is 17.3 Å². The maximum atomic E-state index is 11.6. The molecule has 0 radical (unpaired) electrons. The zero-order valence-electron chi connectivity index (χ0n) is 8.99. The van der Waals surface area contributed by atoms with Crippen LogP contribution in [0.4, 0.5) is 0 Å². The lowest BCUT2D eigenvalue weighted by Gasteiger charge is -2.07. The van der Waals surface area contributed by atoms with Gasteiger partial charge in [0.1, 0.15) is 0 Å². The molecule has 1 aromatic carbocycles. The van der Waals surface area contributed by atoms with Crippen molar-refractivity contribution in [2.24, 2.45) is 0 Å². The summed E-state index contributed by atoms with van der Waals surface area (Å²) in [6.07, 6.45) is 4.90. The number of hydrogen-bond acceptors (Lipinski definition) is 1. The zero-order chi connectivity index (χ0) is 11.0. The number of aromatic nitrogens is 1. The summed E-state index contributed by atoms with van der Waals surface area (Å²) in [5.41, 5.74) is 4.70. The third-order valence-corrected chi connectivity index (χ3v) is 3.25. The zero-order valence-corrected chi connectivity index (χ0v) is 8.99. The first kappa shape index (κ1) is 9.40. The van der Waals surface area contributed by atoms with E-state index in [1.165, 1.54) is 16.7 Å². The molecule has 1 aliphatic rings. The molecule has 1 heterocycles. The van der Waals surface area contributed by atoms with Crippen molar-refractivity contribution in [1.29, 1.82) is 0 Å². The lowest BCUT2D eigenvalue weighted by atomic mass is 10.00. The van der Waals surface area contributed by atoms with E-state index in [2.05, 4.69) is 17.1 Å². The fourth-order valence-corrected chi connectivity index (χ4v) is 2.48. The summed E-state index contributed by atoms with van der Waals surface area (Å²) in [6.45, 7) is 0. The molecular weight excluding hydrogens is 198 g/mol. The van der Waals surface area contributed by atoms with Gasteiger partial charge in [0.05, 0.1) is 0 Å². The van der Waals surface area contributed by atoms with Gasteiger partial charge in [-0.3, -0.25) is 4.79 Å². The number of fused-ring (bicyclic) bond motifs is 1. The Morgan fingerprint density at radius 2 is 1.75 bits per heavy atom. The number of aromatic amines is 1. The Morgan fingerprint density at radius 1 is 1.00 bits per heavy atom. The summed E-state index contributed by atoms with van der Waals surface area (Å²) in [6, 6.07) is 10.2. The van der Waals surface area contributed by atoms with Crippen LogP contribution in [0.2, 0.25) is 0 Å². The molecule has 2 heteroatoms. The van der Waals surface area contributed by atoms with E-state index in [0.29, 0.717) is 0 Å². The second-order valence-electron chi connectivity index (χ2n) is 4.21. The Labute approximate surface area is 94.0 Å². The van der Waals surface area contributed by atoms with E-state index in [1.807, 2.05) is 24.4 Å². The summed E-state index contributed by atoms with van der Waals surface area (Å²) in [7, 11) is 0. The van der Waals surface area contributed by atoms with Gasteiger partial charge in [-0.1, -0.05) is 30.3 Å². The quantitative estimate of drug-likeness (QED) is 0.772. The molecule has 2 nitrogen and oxygen atoms in total. The second-order valence-corrected chi connectivity index (χ2v) is 4.21. The van der Waals surface area contributed by atoms with Gasteiger partial charge >= 0.3 is 0 Å². The van der Waals surface area contributed by atoms with Gasteiger partial charge in [-0.05, 0) is 30.4 Å². The molecular formula is C14H13NO. The Kier molecular flexibility index (Phi) is 2.13. The maximum Gasteiger partial charge on any atom is 0.251 e. The lowest BCUT2D eigenvalue weighted by Crippen LogP contribution is -2.12. The number of hydrogen-bond donors (Lipinski definition) is 1. The molecule has 1 aliphatic carbocycles. The molecule has 0 fully saturated rings. The van der Waals surface area contributed by atoms with Gasteiger partial charge in [0.15, 0.2) is 0 Å². The number of nitrogens with one attached hydrogen (secondary N) is 1. The van der Waals surface area contributed by atoms with Gasteiger partial charge in [-0.2, -0.15) is 0 Å². The number of H-pyrrole nitrogens is 1. The number of benzene rings is 1. The van der Waals surface area contributed by atoms with Gasteiger partial charge < -0.3 is 4.98 Å². The van der Waals surface area contributed by atoms with Crippen molar-refractivity contribution < 1.29 is 0 Å². The van der Waals surface area contributed by atoms with E-state index in [4.69, 9.17) is 0 Å². The topological polar surface area (TPSA) is 32.9 Å². The molecule has 2 aromatic rings. The summed E-state index contributed by atoms with van der Waals surface area (Å²) < 4.78 is 0. The highest BCUT2D eigenvalue weighted by Crippen LogP contribution is 2.29. The molecule has 1 aromatic heterocycles. The van der Waals surface area contributed by atoms with Crippen LogP contribution in [0, 0.1) is 0 Å². The van der Waals surface area contributed by atoms with Crippen LogP contribution in [0.5, 0.6) is 0 Å². The highest BCUT2D eigenvalue weighted by molar-refractivity contribution is 5.68. The average molecular weight is 211 g/mol. The fourth-order valence-electron chi connectivity index (χ4n) is 2.48. The standard InChI is InChI=1S/C14H13NO/c16-14-12-8-4-7-11(12)13(9-15-14)10-5-2-1-3-6-10/h1-3,5-6,9H,4,7-8H2,(H,15,16). The minimum Gasteiger partial charge on any atom is -0.328 e. The average Bonchev–Trinajstić information content (AvgIpc) is 2.81. The highest BCUT2D eigenvalue weighted by atomic mass is 16.1. The maximum absolute atomic E-state index is 11.6. The molecule has 0 aliphatic heterocycles. The van der Waals surface area contributed by atoms with Crippen molar-refractivity contribution in [3.63, 3.8) is 0 Å². The highest BCUT2D eigenvalue weighted by Gasteiger charge is 2.18. The van der Waals surface area contributed by atoms with E-state index >= 15 is 0 Å². The molecule has 0 saturated carbocycles. The molecule has 80 valence electrons. The van der Waals surface area contributed by atoms with Gasteiger partial charge in [-0.15, -0.1) is 0 Å². The SMILES string of the molecule is O=c1[nH]cc(-c2ccccc2)c2c1CCC2. The largest absolute Gasteiger partial charge is 0.328 e. The molecule has 1 N–H and O–H groups in total. The Hall–Kier alpha value is -1.83. The van der Waals surface area contributed by atoms with Crippen molar-refractivity contribution in [2.75, 3.05) is 0 Å². The van der Waals surface area contributed by atoms with Crippen LogP contribution in [0.3, 0.4) is 0 Å². The summed E-state index contributed by atoms with van der Waals surface area (Å²) >= 11 is 0. The van der Waals surface area contributed by atoms with Crippen LogP contribution in [-0.4, -0.2) is 4.98 Å². The molecule has 0 bridgehead atoms. The summed E-state index contributed by atoms with van der Waals surface area (Å²) in [5.74, 6) is 0. The molecule has 0 amide bonds. The van der Waals surface area contributed by atoms with Gasteiger partial charge in [-0.25, -0.2) is 0 Å². The molecule has 0 atom stereocenters. The summed E-state index contributed by atoms with van der Waals surface area (Å²) in [4.78, 5) is 14.5. The smallest absolute Gasteiger partial charge is 0.251 e. The monoisotopic (exact) mass is 211 g/mol. The van der Waals surface area contributed by atoms with Crippen molar-refractivity contribution in [3.8, 4) is 11.1 Å². The van der Waals surface area contributed by atoms with Crippen LogP contribution < -0.4 is 5.56 Å². The first-order chi connectivity index (χ1) is 7.86. The third-order valence-electron chi connectivity index (χ3n) is 3.25. The normalized spacial score (nSPS) is 13.8. The summed E-state index contributed by atoms with van der Waals surface area (Å²) in [5, 5.41) is 0. The van der Waals surface area contributed by atoms with E-state index < -0.39 is 0 Å². The van der Waals surface area contributed by atoms with Gasteiger partial charge in [0.2, 0.25) is 0 Å². The molecule has 0 spiro atoms. The Morgan fingerprint density at radius 3 is 2.56 bits per heavy atom. The Balaban J connectivity index is 2.24. The van der Waals surface area contributed by atoms with Gasteiger partial charge in [0.25, 0.3) is 5.56 Å². The minimum atomic E-state index is 0.0900. The van der Waals surface area contributed by atoms with Crippen LogP contribution >= 0.6 is 0 Å². The number of rotatable bonds is 1. The number of pyridine rings is 1. The van der Waals surface area contributed by atoms with E-state index in [1.54, 1.807) is 0 Å². The van der Waals surface area contributed by atoms with Crippen LogP contribution in [0.1, 0.15) is 17.5 Å². The predicted molar refractivity (Wildman–Crippen MR) is 64.5 cm³/mol. The van der Waals surface area contributed by atoms with Crippen molar-refractivity contribution >= 4 is 0 Å². The molecule has 0 unspecified atom stereocenters. The van der Waals surface area contributed by atoms with Crippen LogP contribution in [-0.2, 0) is 12.8 Å². The fraction of sp³-hybridized carbons (Fsp3) is 0.214. The van der Waals surface area contributed by atoms with E-state index in [9.17, 15) is 4.79 Å². The Bertz CT molecular complexity index is 569.